The van der Waals surface area contributed by atoms with Crippen LogP contribution in [-0.4, -0.2) is 144 Å². The zero-order valence-corrected chi connectivity index (χ0v) is 58.9. The van der Waals surface area contributed by atoms with E-state index in [-0.39, 0.29) is 36.2 Å². The normalized spacial score (nSPS) is 16.1. The van der Waals surface area contributed by atoms with Gasteiger partial charge < -0.3 is 35.1 Å². The van der Waals surface area contributed by atoms with Crippen LogP contribution in [-0.2, 0) is 0 Å². The molecule has 1 saturated carbocycles. The molecule has 518 valence electrons. The number of anilines is 2. The van der Waals surface area contributed by atoms with Gasteiger partial charge in [-0.15, -0.1) is 0 Å². The molecule has 0 spiro atoms. The van der Waals surface area contributed by atoms with Crippen molar-refractivity contribution in [1.82, 2.24) is 14.7 Å². The first kappa shape index (κ1) is 72.0. The van der Waals surface area contributed by atoms with E-state index >= 15 is 0 Å². The Balaban J connectivity index is 0.000000151. The number of likely N-dealkylation sites (tertiary alicyclic amines) is 1. The molecule has 0 unspecified atom stereocenters. The van der Waals surface area contributed by atoms with E-state index in [1.807, 2.05) is 48.5 Å². The van der Waals surface area contributed by atoms with Crippen LogP contribution < -0.4 is 9.80 Å². The molecule has 0 atom stereocenters. The first-order valence-corrected chi connectivity index (χ1v) is 36.1. The molecule has 0 radical (unpaired) electrons. The Morgan fingerprint density at radius 1 is 0.440 bits per heavy atom. The number of likely N-dealkylation sites (N-methyl/N-ethyl adjacent to an activating group) is 1. The van der Waals surface area contributed by atoms with Crippen LogP contribution in [0.5, 0.6) is 5.75 Å². The minimum absolute atomic E-state index is 0.0742. The van der Waals surface area contributed by atoms with Crippen LogP contribution >= 0.6 is 0 Å². The maximum Gasteiger partial charge on any atom is 0.269 e. The smallest absolute Gasteiger partial charge is 0.269 e. The minimum atomic E-state index is -0.373. The highest BCUT2D eigenvalue weighted by molar-refractivity contribution is 6.01. The average Bonchev–Trinajstić information content (AvgIpc) is 1.59. The number of aromatic hydroxyl groups is 1. The van der Waals surface area contributed by atoms with Gasteiger partial charge in [0.15, 0.2) is 0 Å². The Labute approximate surface area is 593 Å². The number of nitro groups is 1. The predicted molar refractivity (Wildman–Crippen MR) is 414 cm³/mol. The largest absolute Gasteiger partial charge is 0.508 e. The maximum absolute atomic E-state index is 11.2. The van der Waals surface area contributed by atoms with Crippen LogP contribution in [0.15, 0.2) is 237 Å². The van der Waals surface area contributed by atoms with Crippen LogP contribution in [0.25, 0.3) is 33.4 Å². The van der Waals surface area contributed by atoms with Crippen molar-refractivity contribution in [3.63, 3.8) is 0 Å². The van der Waals surface area contributed by atoms with Crippen molar-refractivity contribution in [1.29, 1.82) is 0 Å². The molecule has 3 saturated heterocycles. The van der Waals surface area contributed by atoms with E-state index in [1.165, 1.54) is 98.5 Å². The van der Waals surface area contributed by atoms with Gasteiger partial charge in [-0.25, -0.2) is 0 Å². The van der Waals surface area contributed by atoms with Gasteiger partial charge in [0.05, 0.1) is 4.92 Å². The minimum Gasteiger partial charge on any atom is -0.508 e. The second kappa shape index (κ2) is 35.7. The fraction of sp³-hybridized carbons (Fsp3) is 0.318. The predicted octanol–water partition coefficient (Wildman–Crippen LogP) is 17.0. The molecule has 3 heterocycles. The monoisotopic (exact) mass is 1340 g/mol. The second-order valence-electron chi connectivity index (χ2n) is 27.4. The number of aryl methyl sites for hydroxylation is 1. The van der Waals surface area contributed by atoms with Crippen molar-refractivity contribution < 1.29 is 25.3 Å². The summed E-state index contributed by atoms with van der Waals surface area (Å²) in [4.78, 5) is 23.3. The summed E-state index contributed by atoms with van der Waals surface area (Å²) >= 11 is 0. The van der Waals surface area contributed by atoms with E-state index in [9.17, 15) is 30.5 Å². The summed E-state index contributed by atoms with van der Waals surface area (Å²) in [5, 5.41) is 49.8. The van der Waals surface area contributed by atoms with Gasteiger partial charge in [-0.05, 0) is 217 Å². The zero-order valence-electron chi connectivity index (χ0n) is 58.9. The van der Waals surface area contributed by atoms with Gasteiger partial charge in [0, 0.05) is 127 Å². The van der Waals surface area contributed by atoms with Crippen molar-refractivity contribution in [2.45, 2.75) is 90.1 Å². The highest BCUT2D eigenvalue weighted by Crippen LogP contribution is 2.42. The van der Waals surface area contributed by atoms with Gasteiger partial charge in [-0.1, -0.05) is 181 Å². The number of phenols is 1. The van der Waals surface area contributed by atoms with E-state index in [1.54, 1.807) is 24.3 Å². The third kappa shape index (κ3) is 19.0. The number of piperazine rings is 2. The van der Waals surface area contributed by atoms with Crippen molar-refractivity contribution in [2.75, 3.05) is 102 Å². The molecule has 9 aromatic rings. The van der Waals surface area contributed by atoms with Crippen LogP contribution in [0.2, 0.25) is 0 Å². The number of non-ortho nitro benzene ring substituents is 1. The van der Waals surface area contributed by atoms with Crippen molar-refractivity contribution in [3.05, 3.63) is 308 Å². The summed E-state index contributed by atoms with van der Waals surface area (Å²) in [5.74, 6) is 0.916. The molecule has 1 aliphatic carbocycles. The van der Waals surface area contributed by atoms with Crippen LogP contribution in [0.3, 0.4) is 0 Å². The second-order valence-corrected chi connectivity index (χ2v) is 27.4. The number of aliphatic hydroxyl groups excluding tert-OH is 3. The summed E-state index contributed by atoms with van der Waals surface area (Å²) in [5.41, 5.74) is 22.5. The third-order valence-corrected chi connectivity index (χ3v) is 20.1. The highest BCUT2D eigenvalue weighted by Gasteiger charge is 2.38. The average molecular weight is 1340 g/mol. The SMILES string of the molecule is CN1CCN(c2ccc(/C(=C(/CCCO)c3ccccc3)c3ccc([N+](=O)[O-])cc3)cc2)CC1.Cc1ccc(/C(=C(\CCCO)c2ccccc2)c2ccc(N3CCN(C(C)C)CC3)cc2)cc1.OCCC/C(=C(\c1ccc(O)cc1)c1ccc(C2CN(C3CC3)C2)cc1)c1ccccc1. The number of hydrogen-bond acceptors (Lipinski definition) is 11. The fourth-order valence-corrected chi connectivity index (χ4v) is 14.2. The first-order valence-electron chi connectivity index (χ1n) is 36.1. The first-order chi connectivity index (χ1) is 48.9. The zero-order chi connectivity index (χ0) is 69.7. The summed E-state index contributed by atoms with van der Waals surface area (Å²) in [7, 11) is 2.15. The Morgan fingerprint density at radius 2 is 0.780 bits per heavy atom. The molecule has 4 fully saturated rings. The van der Waals surface area contributed by atoms with Crippen LogP contribution in [0.4, 0.5) is 17.1 Å². The number of allylic oxidation sites excluding steroid dienone is 3. The third-order valence-electron chi connectivity index (χ3n) is 20.1. The molecule has 0 aromatic heterocycles. The summed E-state index contributed by atoms with van der Waals surface area (Å²) in [6, 6.07) is 82.6. The standard InChI is InChI=1S/C31H38N2O.C29H31NO2.C28H31N3O3/c1-24(2)32-19-21-33(22-20-32)29-17-15-28(16-18-29)31(27-13-11-25(3)12-14-27)30(10-7-23-34)26-8-5-4-6-9-26;31-18-4-7-28(22-5-2-1-3-6-22)29(24-12-16-27(32)17-13-24)23-10-8-21(9-11-23)25-19-30(20-25)26-14-15-26;1-29-17-19-30(20-18-29)25-13-9-23(10-14-25)28(24-11-15-26(16-12-24)31(33)34)27(8-5-21-32)22-6-3-2-4-7-22/h4-6,8-9,11-18,24,34H,7,10,19-23H2,1-3H3;1-3,5-6,8-13,16-17,25-26,31-32H,4,7,14-15,18-20H2;2-4,6-7,9-16,32H,5,8,17-21H2,1H3/b31-30-;29-28+;28-27+. The molecule has 13 rings (SSSR count). The van der Waals surface area contributed by atoms with Crippen molar-refractivity contribution >= 4 is 50.5 Å². The van der Waals surface area contributed by atoms with E-state index in [4.69, 9.17) is 0 Å². The number of hydrogen-bond donors (Lipinski definition) is 4. The Bertz CT molecular complexity index is 4100. The lowest BCUT2D eigenvalue weighted by Gasteiger charge is -2.40. The summed E-state index contributed by atoms with van der Waals surface area (Å²) < 4.78 is 0. The van der Waals surface area contributed by atoms with Crippen molar-refractivity contribution in [2.24, 2.45) is 0 Å². The van der Waals surface area contributed by atoms with Gasteiger partial charge in [0.2, 0.25) is 0 Å². The molecule has 0 amide bonds. The van der Waals surface area contributed by atoms with Crippen LogP contribution in [0, 0.1) is 17.0 Å². The molecule has 4 aliphatic rings. The van der Waals surface area contributed by atoms with E-state index in [0.29, 0.717) is 31.2 Å². The number of rotatable bonds is 24. The summed E-state index contributed by atoms with van der Waals surface area (Å²) in [6.45, 7) is 18.0. The molecule has 3 aliphatic heterocycles. The topological polar surface area (TPSA) is 140 Å². The lowest BCUT2D eigenvalue weighted by molar-refractivity contribution is -0.384. The maximum atomic E-state index is 11.2. The molecule has 12 heteroatoms. The van der Waals surface area contributed by atoms with Gasteiger partial charge in [0.25, 0.3) is 5.69 Å². The number of aliphatic hydroxyl groups is 3. The van der Waals surface area contributed by atoms with E-state index in [0.717, 1.165) is 111 Å². The molecule has 0 bridgehead atoms. The molecular formula is C88H100N6O6. The van der Waals surface area contributed by atoms with Gasteiger partial charge in [-0.2, -0.15) is 0 Å². The highest BCUT2D eigenvalue weighted by atomic mass is 16.6. The number of phenolic OH excluding ortho intramolecular Hbond substituents is 1. The van der Waals surface area contributed by atoms with Gasteiger partial charge in [0.1, 0.15) is 5.75 Å². The summed E-state index contributed by atoms with van der Waals surface area (Å²) in [6.07, 6.45) is 7.18. The Kier molecular flexibility index (Phi) is 25.7. The van der Waals surface area contributed by atoms with E-state index in [2.05, 4.69) is 216 Å². The molecule has 4 N–H and O–H groups in total. The number of benzene rings is 9. The number of nitrogens with zero attached hydrogens (tertiary/aromatic N) is 6. The van der Waals surface area contributed by atoms with Gasteiger partial charge in [-0.3, -0.25) is 19.9 Å². The molecule has 12 nitrogen and oxygen atoms in total. The molecular weight excluding hydrogens is 1240 g/mol. The van der Waals surface area contributed by atoms with Crippen molar-refractivity contribution in [3.8, 4) is 5.75 Å². The lowest BCUT2D eigenvalue weighted by atomic mass is 9.85. The lowest BCUT2D eigenvalue weighted by Crippen LogP contribution is -2.48. The van der Waals surface area contributed by atoms with Crippen LogP contribution in [0.1, 0.15) is 132 Å². The molecule has 100 heavy (non-hydrogen) atoms. The fourth-order valence-electron chi connectivity index (χ4n) is 14.2. The van der Waals surface area contributed by atoms with Gasteiger partial charge >= 0.3 is 0 Å². The molecule has 9 aromatic carbocycles. The Morgan fingerprint density at radius 3 is 1.13 bits per heavy atom. The Hall–Kier alpha value is -9.24. The number of nitro benzene ring substituents is 1. The van der Waals surface area contributed by atoms with E-state index < -0.39 is 0 Å². The quantitative estimate of drug-likeness (QED) is 0.0261.